The second kappa shape index (κ2) is 7.95. The largest absolute Gasteiger partial charge is 0.496 e. The molecule has 3 rings (SSSR count). The molecule has 0 bridgehead atoms. The van der Waals surface area contributed by atoms with Crippen LogP contribution in [0.4, 0.5) is 0 Å². The molecular weight excluding hydrogens is 344 g/mol. The smallest absolute Gasteiger partial charge is 0.258 e. The Bertz CT molecular complexity index is 1020. The number of aromatic nitrogens is 1. The van der Waals surface area contributed by atoms with Gasteiger partial charge in [-0.2, -0.15) is 0 Å². The van der Waals surface area contributed by atoms with Crippen molar-refractivity contribution in [1.29, 1.82) is 0 Å². The number of hydrogen-bond donors (Lipinski definition) is 2. The van der Waals surface area contributed by atoms with Crippen molar-refractivity contribution >= 4 is 16.8 Å². The molecule has 140 valence electrons. The lowest BCUT2D eigenvalue weighted by atomic mass is 10.1. The van der Waals surface area contributed by atoms with Crippen LogP contribution in [0, 0.1) is 6.92 Å². The summed E-state index contributed by atoms with van der Waals surface area (Å²) in [6.45, 7) is 2.32. The number of rotatable bonds is 6. The molecule has 3 aromatic rings. The Morgan fingerprint density at radius 1 is 1.07 bits per heavy atom. The molecular formula is C21H22N2O4. The Labute approximate surface area is 157 Å². The van der Waals surface area contributed by atoms with E-state index in [1.165, 1.54) is 14.2 Å². The SMILES string of the molecule is COc1cccc(OC)c1C(=O)NCCc1cc2cc(C)ccc2[nH]c1=O. The van der Waals surface area contributed by atoms with Crippen LogP contribution in [0.25, 0.3) is 10.9 Å². The number of benzene rings is 2. The average molecular weight is 366 g/mol. The number of hydrogen-bond acceptors (Lipinski definition) is 4. The number of nitrogens with one attached hydrogen (secondary N) is 2. The van der Waals surface area contributed by atoms with Crippen molar-refractivity contribution in [2.75, 3.05) is 20.8 Å². The van der Waals surface area contributed by atoms with Crippen LogP contribution in [0.15, 0.2) is 47.3 Å². The van der Waals surface area contributed by atoms with Gasteiger partial charge in [-0.05, 0) is 49.1 Å². The van der Waals surface area contributed by atoms with Crippen molar-refractivity contribution in [3.63, 3.8) is 0 Å². The monoisotopic (exact) mass is 366 g/mol. The zero-order chi connectivity index (χ0) is 19.4. The maximum absolute atomic E-state index is 12.6. The maximum atomic E-state index is 12.6. The molecule has 1 amide bonds. The molecule has 6 nitrogen and oxygen atoms in total. The van der Waals surface area contributed by atoms with E-state index in [0.717, 1.165) is 16.5 Å². The summed E-state index contributed by atoms with van der Waals surface area (Å²) >= 11 is 0. The molecule has 2 aromatic carbocycles. The summed E-state index contributed by atoms with van der Waals surface area (Å²) < 4.78 is 10.5. The Morgan fingerprint density at radius 2 is 1.78 bits per heavy atom. The van der Waals surface area contributed by atoms with Crippen molar-refractivity contribution < 1.29 is 14.3 Å². The summed E-state index contributed by atoms with van der Waals surface area (Å²) in [7, 11) is 3.00. The Morgan fingerprint density at radius 3 is 2.44 bits per heavy atom. The van der Waals surface area contributed by atoms with E-state index in [-0.39, 0.29) is 11.5 Å². The first-order valence-corrected chi connectivity index (χ1v) is 8.65. The van der Waals surface area contributed by atoms with Gasteiger partial charge in [-0.25, -0.2) is 0 Å². The van der Waals surface area contributed by atoms with Gasteiger partial charge in [0.25, 0.3) is 11.5 Å². The van der Waals surface area contributed by atoms with Crippen molar-refractivity contribution in [2.24, 2.45) is 0 Å². The first-order valence-electron chi connectivity index (χ1n) is 8.65. The standard InChI is InChI=1S/C21H22N2O4/c1-13-7-8-16-15(11-13)12-14(20(24)23-16)9-10-22-21(25)19-17(26-2)5-4-6-18(19)27-3/h4-8,11-12H,9-10H2,1-3H3,(H,22,25)(H,23,24). The van der Waals surface area contributed by atoms with E-state index in [1.54, 1.807) is 18.2 Å². The minimum absolute atomic E-state index is 0.143. The average Bonchev–Trinajstić information content (AvgIpc) is 2.67. The fourth-order valence-electron chi connectivity index (χ4n) is 3.03. The van der Waals surface area contributed by atoms with Crippen LogP contribution in [0.1, 0.15) is 21.5 Å². The third-order valence-electron chi connectivity index (χ3n) is 4.41. The predicted molar refractivity (Wildman–Crippen MR) is 105 cm³/mol. The van der Waals surface area contributed by atoms with Crippen LogP contribution in [0.3, 0.4) is 0 Å². The normalized spacial score (nSPS) is 10.6. The van der Waals surface area contributed by atoms with E-state index < -0.39 is 0 Å². The molecule has 0 atom stereocenters. The van der Waals surface area contributed by atoms with Gasteiger partial charge in [0.1, 0.15) is 17.1 Å². The van der Waals surface area contributed by atoms with Crippen molar-refractivity contribution in [1.82, 2.24) is 10.3 Å². The Kier molecular flexibility index (Phi) is 5.45. The van der Waals surface area contributed by atoms with Crippen molar-refractivity contribution in [3.05, 3.63) is 69.5 Å². The number of pyridine rings is 1. The van der Waals surface area contributed by atoms with Gasteiger partial charge < -0.3 is 19.8 Å². The third kappa shape index (κ3) is 3.95. The minimum Gasteiger partial charge on any atom is -0.496 e. The van der Waals surface area contributed by atoms with Gasteiger partial charge >= 0.3 is 0 Å². The van der Waals surface area contributed by atoms with Gasteiger partial charge in [0.15, 0.2) is 0 Å². The summed E-state index contributed by atoms with van der Waals surface area (Å²) in [4.78, 5) is 27.7. The second-order valence-electron chi connectivity index (χ2n) is 6.26. The number of methoxy groups -OCH3 is 2. The van der Waals surface area contributed by atoms with Crippen LogP contribution >= 0.6 is 0 Å². The molecule has 0 unspecified atom stereocenters. The topological polar surface area (TPSA) is 80.4 Å². The highest BCUT2D eigenvalue weighted by Gasteiger charge is 2.17. The van der Waals surface area contributed by atoms with Gasteiger partial charge in [0.05, 0.1) is 14.2 Å². The van der Waals surface area contributed by atoms with Gasteiger partial charge in [0, 0.05) is 17.6 Å². The molecule has 0 fully saturated rings. The molecule has 0 aliphatic rings. The molecule has 1 heterocycles. The van der Waals surface area contributed by atoms with Crippen LogP contribution < -0.4 is 20.3 Å². The highest BCUT2D eigenvalue weighted by molar-refractivity contribution is 5.99. The lowest BCUT2D eigenvalue weighted by Gasteiger charge is -2.13. The van der Waals surface area contributed by atoms with E-state index in [9.17, 15) is 9.59 Å². The van der Waals surface area contributed by atoms with E-state index in [1.807, 2.05) is 31.2 Å². The van der Waals surface area contributed by atoms with Gasteiger partial charge in [-0.15, -0.1) is 0 Å². The first-order chi connectivity index (χ1) is 13.0. The number of carbonyl (C=O) groups excluding carboxylic acids is 1. The summed E-state index contributed by atoms with van der Waals surface area (Å²) in [5, 5.41) is 3.81. The number of aromatic amines is 1. The number of ether oxygens (including phenoxy) is 2. The summed E-state index contributed by atoms with van der Waals surface area (Å²) in [5.41, 5.74) is 2.75. The van der Waals surface area contributed by atoms with Gasteiger partial charge in [-0.1, -0.05) is 17.7 Å². The Hall–Kier alpha value is -3.28. The number of carbonyl (C=O) groups is 1. The number of fused-ring (bicyclic) bond motifs is 1. The molecule has 0 saturated carbocycles. The molecule has 27 heavy (non-hydrogen) atoms. The van der Waals surface area contributed by atoms with E-state index >= 15 is 0 Å². The lowest BCUT2D eigenvalue weighted by molar-refractivity contribution is 0.0948. The summed E-state index contributed by atoms with van der Waals surface area (Å²) in [5.74, 6) is 0.564. The first kappa shape index (κ1) is 18.5. The lowest BCUT2D eigenvalue weighted by Crippen LogP contribution is -2.28. The number of H-pyrrole nitrogens is 1. The van der Waals surface area contributed by atoms with Crippen LogP contribution in [-0.4, -0.2) is 31.7 Å². The van der Waals surface area contributed by atoms with Crippen LogP contribution in [0.2, 0.25) is 0 Å². The zero-order valence-corrected chi connectivity index (χ0v) is 15.6. The predicted octanol–water partition coefficient (Wildman–Crippen LogP) is 2.83. The van der Waals surface area contributed by atoms with E-state index in [2.05, 4.69) is 10.3 Å². The molecule has 0 aliphatic carbocycles. The molecule has 1 aromatic heterocycles. The quantitative estimate of drug-likeness (QED) is 0.703. The Balaban J connectivity index is 1.75. The molecule has 6 heteroatoms. The fourth-order valence-corrected chi connectivity index (χ4v) is 3.03. The van der Waals surface area contributed by atoms with Crippen LogP contribution in [-0.2, 0) is 6.42 Å². The fraction of sp³-hybridized carbons (Fsp3) is 0.238. The van der Waals surface area contributed by atoms with Gasteiger partial charge in [0.2, 0.25) is 0 Å². The van der Waals surface area contributed by atoms with E-state index in [0.29, 0.717) is 35.6 Å². The van der Waals surface area contributed by atoms with Crippen molar-refractivity contribution in [2.45, 2.75) is 13.3 Å². The highest BCUT2D eigenvalue weighted by atomic mass is 16.5. The molecule has 0 radical (unpaired) electrons. The molecule has 0 aliphatic heterocycles. The minimum atomic E-state index is -0.308. The van der Waals surface area contributed by atoms with E-state index in [4.69, 9.17) is 9.47 Å². The zero-order valence-electron chi connectivity index (χ0n) is 15.6. The highest BCUT2D eigenvalue weighted by Crippen LogP contribution is 2.27. The van der Waals surface area contributed by atoms with Crippen molar-refractivity contribution in [3.8, 4) is 11.5 Å². The number of aryl methyl sites for hydroxylation is 1. The van der Waals surface area contributed by atoms with Crippen LogP contribution in [0.5, 0.6) is 11.5 Å². The molecule has 0 saturated heterocycles. The summed E-state index contributed by atoms with van der Waals surface area (Å²) in [6, 6.07) is 12.9. The maximum Gasteiger partial charge on any atom is 0.258 e. The second-order valence-corrected chi connectivity index (χ2v) is 6.26. The van der Waals surface area contributed by atoms with Gasteiger partial charge in [-0.3, -0.25) is 9.59 Å². The molecule has 0 spiro atoms. The third-order valence-corrected chi connectivity index (χ3v) is 4.41. The summed E-state index contributed by atoms with van der Waals surface area (Å²) in [6.07, 6.45) is 0.419. The number of amides is 1. The molecule has 2 N–H and O–H groups in total.